The number of aromatic nitrogens is 1. The smallest absolute Gasteiger partial charge is 0.255 e. The maximum Gasteiger partial charge on any atom is 0.255 e. The van der Waals surface area contributed by atoms with Crippen molar-refractivity contribution < 1.29 is 4.79 Å². The summed E-state index contributed by atoms with van der Waals surface area (Å²) in [5.74, 6) is -0.00675. The highest BCUT2D eigenvalue weighted by Gasteiger charge is 2.15. The normalized spacial score (nSPS) is 10.3. The van der Waals surface area contributed by atoms with Crippen LogP contribution in [0, 0.1) is 13.8 Å². The number of nitrogens with zero attached hydrogens (tertiary/aromatic N) is 2. The molecule has 0 aliphatic rings. The van der Waals surface area contributed by atoms with E-state index in [-0.39, 0.29) is 5.91 Å². The van der Waals surface area contributed by atoms with Gasteiger partial charge in [-0.3, -0.25) is 9.78 Å². The Kier molecular flexibility index (Phi) is 3.65. The van der Waals surface area contributed by atoms with Gasteiger partial charge in [-0.2, -0.15) is 0 Å². The van der Waals surface area contributed by atoms with Crippen molar-refractivity contribution in [1.29, 1.82) is 0 Å². The minimum atomic E-state index is -0.00675. The first-order valence-electron chi connectivity index (χ1n) is 6.26. The molecule has 0 N–H and O–H groups in total. The Labute approximate surface area is 113 Å². The van der Waals surface area contributed by atoms with Crippen molar-refractivity contribution in [2.75, 3.05) is 14.1 Å². The molecule has 0 bridgehead atoms. The van der Waals surface area contributed by atoms with Crippen LogP contribution in [-0.4, -0.2) is 29.9 Å². The lowest BCUT2D eigenvalue weighted by Crippen LogP contribution is -2.23. The molecule has 0 saturated carbocycles. The molecule has 0 spiro atoms. The van der Waals surface area contributed by atoms with Gasteiger partial charge in [0.15, 0.2) is 0 Å². The van der Waals surface area contributed by atoms with Crippen molar-refractivity contribution in [2.24, 2.45) is 0 Å². The summed E-state index contributed by atoms with van der Waals surface area (Å²) in [6.45, 7) is 3.86. The molecule has 2 rings (SSSR count). The van der Waals surface area contributed by atoms with Crippen LogP contribution in [0.3, 0.4) is 0 Å². The van der Waals surface area contributed by atoms with Crippen LogP contribution in [0.5, 0.6) is 0 Å². The zero-order valence-corrected chi connectivity index (χ0v) is 11.8. The minimum absolute atomic E-state index is 0.00675. The highest BCUT2D eigenvalue weighted by molar-refractivity contribution is 5.95. The summed E-state index contributed by atoms with van der Waals surface area (Å²) >= 11 is 0. The zero-order chi connectivity index (χ0) is 14.0. The van der Waals surface area contributed by atoms with Gasteiger partial charge < -0.3 is 4.90 Å². The second kappa shape index (κ2) is 5.22. The minimum Gasteiger partial charge on any atom is -0.345 e. The van der Waals surface area contributed by atoms with Crippen LogP contribution < -0.4 is 0 Å². The van der Waals surface area contributed by atoms with Gasteiger partial charge in [-0.15, -0.1) is 0 Å². The maximum absolute atomic E-state index is 12.1. The van der Waals surface area contributed by atoms with E-state index in [1.807, 2.05) is 50.2 Å². The van der Waals surface area contributed by atoms with E-state index in [0.29, 0.717) is 5.56 Å². The van der Waals surface area contributed by atoms with Crippen molar-refractivity contribution in [3.05, 3.63) is 53.2 Å². The maximum atomic E-state index is 12.1. The standard InChI is InChI=1S/C16H18N2O/c1-11-10-14(16(19)18(3)4)12(2)17-15(11)13-8-6-5-7-9-13/h5-10H,1-4H3. The van der Waals surface area contributed by atoms with Gasteiger partial charge in [-0.1, -0.05) is 30.3 Å². The summed E-state index contributed by atoms with van der Waals surface area (Å²) in [7, 11) is 3.50. The number of pyridine rings is 1. The molecule has 0 aliphatic heterocycles. The number of aryl methyl sites for hydroxylation is 2. The van der Waals surface area contributed by atoms with E-state index in [1.165, 1.54) is 0 Å². The molecule has 0 saturated heterocycles. The van der Waals surface area contributed by atoms with Crippen molar-refractivity contribution in [1.82, 2.24) is 9.88 Å². The first-order valence-corrected chi connectivity index (χ1v) is 6.26. The Balaban J connectivity index is 2.52. The van der Waals surface area contributed by atoms with Crippen molar-refractivity contribution in [3.63, 3.8) is 0 Å². The molecule has 0 radical (unpaired) electrons. The fourth-order valence-electron chi connectivity index (χ4n) is 2.05. The molecule has 1 amide bonds. The Hall–Kier alpha value is -2.16. The molecule has 1 aromatic heterocycles. The highest BCUT2D eigenvalue weighted by Crippen LogP contribution is 2.23. The van der Waals surface area contributed by atoms with E-state index in [4.69, 9.17) is 0 Å². The average molecular weight is 254 g/mol. The predicted molar refractivity (Wildman–Crippen MR) is 77.2 cm³/mol. The molecular weight excluding hydrogens is 236 g/mol. The van der Waals surface area contributed by atoms with Crippen LogP contribution >= 0.6 is 0 Å². The molecule has 0 aliphatic carbocycles. The first kappa shape index (κ1) is 13.3. The Morgan fingerprint density at radius 1 is 1.11 bits per heavy atom. The first-order chi connectivity index (χ1) is 9.00. The molecule has 0 fully saturated rings. The summed E-state index contributed by atoms with van der Waals surface area (Å²) in [4.78, 5) is 18.2. The quantitative estimate of drug-likeness (QED) is 0.825. The highest BCUT2D eigenvalue weighted by atomic mass is 16.2. The molecular formula is C16H18N2O. The van der Waals surface area contributed by atoms with Gasteiger partial charge in [-0.25, -0.2) is 0 Å². The van der Waals surface area contributed by atoms with Gasteiger partial charge in [0.25, 0.3) is 5.91 Å². The number of carbonyl (C=O) groups excluding carboxylic acids is 1. The lowest BCUT2D eigenvalue weighted by molar-refractivity contribution is 0.0826. The van der Waals surface area contributed by atoms with E-state index >= 15 is 0 Å². The Bertz CT molecular complexity index is 604. The molecule has 2 aromatic rings. The molecule has 19 heavy (non-hydrogen) atoms. The summed E-state index contributed by atoms with van der Waals surface area (Å²) in [5, 5.41) is 0. The summed E-state index contributed by atoms with van der Waals surface area (Å²) < 4.78 is 0. The van der Waals surface area contributed by atoms with Crippen molar-refractivity contribution >= 4 is 5.91 Å². The second-order valence-electron chi connectivity index (χ2n) is 4.85. The van der Waals surface area contributed by atoms with E-state index in [0.717, 1.165) is 22.5 Å². The molecule has 98 valence electrons. The number of rotatable bonds is 2. The number of carbonyl (C=O) groups is 1. The fraction of sp³-hybridized carbons (Fsp3) is 0.250. The number of hydrogen-bond acceptors (Lipinski definition) is 2. The SMILES string of the molecule is Cc1cc(C(=O)N(C)C)c(C)nc1-c1ccccc1. The van der Waals surface area contributed by atoms with Crippen LogP contribution in [0.2, 0.25) is 0 Å². The third-order valence-electron chi connectivity index (χ3n) is 3.09. The fourth-order valence-corrected chi connectivity index (χ4v) is 2.05. The lowest BCUT2D eigenvalue weighted by Gasteiger charge is -2.14. The van der Waals surface area contributed by atoms with Gasteiger partial charge in [-0.05, 0) is 25.5 Å². The van der Waals surface area contributed by atoms with E-state index in [2.05, 4.69) is 4.98 Å². The van der Waals surface area contributed by atoms with Crippen molar-refractivity contribution in [3.8, 4) is 11.3 Å². The molecule has 0 atom stereocenters. The second-order valence-corrected chi connectivity index (χ2v) is 4.85. The van der Waals surface area contributed by atoms with Gasteiger partial charge in [0.1, 0.15) is 0 Å². The van der Waals surface area contributed by atoms with Crippen molar-refractivity contribution in [2.45, 2.75) is 13.8 Å². The van der Waals surface area contributed by atoms with Crippen LogP contribution in [0.15, 0.2) is 36.4 Å². The number of hydrogen-bond donors (Lipinski definition) is 0. The third kappa shape index (κ3) is 2.65. The summed E-state index contributed by atoms with van der Waals surface area (Å²) in [6, 6.07) is 11.9. The topological polar surface area (TPSA) is 33.2 Å². The van der Waals surface area contributed by atoms with Crippen LogP contribution in [0.1, 0.15) is 21.6 Å². The number of amides is 1. The summed E-state index contributed by atoms with van der Waals surface area (Å²) in [5.41, 5.74) is 4.47. The van der Waals surface area contributed by atoms with Gasteiger partial charge in [0, 0.05) is 19.7 Å². The Morgan fingerprint density at radius 2 is 1.74 bits per heavy atom. The third-order valence-corrected chi connectivity index (χ3v) is 3.09. The molecule has 1 aromatic carbocycles. The van der Waals surface area contributed by atoms with Crippen LogP contribution in [0.4, 0.5) is 0 Å². The molecule has 0 unspecified atom stereocenters. The van der Waals surface area contributed by atoms with E-state index in [1.54, 1.807) is 19.0 Å². The predicted octanol–water partition coefficient (Wildman–Crippen LogP) is 3.07. The zero-order valence-electron chi connectivity index (χ0n) is 11.8. The Morgan fingerprint density at radius 3 is 2.32 bits per heavy atom. The van der Waals surface area contributed by atoms with Gasteiger partial charge in [0.2, 0.25) is 0 Å². The van der Waals surface area contributed by atoms with Crippen LogP contribution in [-0.2, 0) is 0 Å². The monoisotopic (exact) mass is 254 g/mol. The molecule has 1 heterocycles. The largest absolute Gasteiger partial charge is 0.345 e. The average Bonchev–Trinajstić information content (AvgIpc) is 2.41. The van der Waals surface area contributed by atoms with E-state index < -0.39 is 0 Å². The molecule has 3 heteroatoms. The summed E-state index contributed by atoms with van der Waals surface area (Å²) in [6.07, 6.45) is 0. The van der Waals surface area contributed by atoms with Gasteiger partial charge >= 0.3 is 0 Å². The number of benzene rings is 1. The van der Waals surface area contributed by atoms with E-state index in [9.17, 15) is 4.79 Å². The molecule has 3 nitrogen and oxygen atoms in total. The lowest BCUT2D eigenvalue weighted by atomic mass is 10.0. The van der Waals surface area contributed by atoms with Gasteiger partial charge in [0.05, 0.1) is 17.0 Å². The van der Waals surface area contributed by atoms with Crippen LogP contribution in [0.25, 0.3) is 11.3 Å².